The number of azide groups is 1. The van der Waals surface area contributed by atoms with Gasteiger partial charge < -0.3 is 0 Å². The first-order valence-electron chi connectivity index (χ1n) is 4.92. The van der Waals surface area contributed by atoms with Crippen LogP contribution in [0.2, 0.25) is 0 Å². The number of amides is 1. The minimum atomic E-state index is -0.625. The molecule has 82 valence electrons. The number of carbonyl (C=O) groups is 1. The number of fused-ring (bicyclic) bond motifs is 1. The summed E-state index contributed by atoms with van der Waals surface area (Å²) in [6, 6.07) is 9.45. The molecule has 0 radical (unpaired) electrons. The number of para-hydroxylation sites is 1. The van der Waals surface area contributed by atoms with E-state index < -0.39 is 5.91 Å². The number of carbonyl (C=O) groups excluding carboxylic acids is 1. The van der Waals surface area contributed by atoms with Crippen LogP contribution >= 0.6 is 0 Å². The SMILES string of the molecule is [N-]=[N+]=NC(=O)/C=C\c1cccc2cccnc12. The normalized spacial score (nSPS) is 10.4. The summed E-state index contributed by atoms with van der Waals surface area (Å²) in [5.41, 5.74) is 9.71. The molecule has 0 aliphatic rings. The van der Waals surface area contributed by atoms with Crippen LogP contribution < -0.4 is 0 Å². The van der Waals surface area contributed by atoms with Gasteiger partial charge >= 0.3 is 0 Å². The Kier molecular flexibility index (Phi) is 3.14. The number of aromatic nitrogens is 1. The highest BCUT2D eigenvalue weighted by Crippen LogP contribution is 2.16. The quantitative estimate of drug-likeness (QED) is 0.340. The molecule has 5 heteroatoms. The first-order valence-corrected chi connectivity index (χ1v) is 4.92. The van der Waals surface area contributed by atoms with E-state index in [1.165, 1.54) is 6.08 Å². The molecule has 0 spiro atoms. The fourth-order valence-corrected chi connectivity index (χ4v) is 1.50. The Morgan fingerprint density at radius 3 is 3.00 bits per heavy atom. The van der Waals surface area contributed by atoms with Crippen molar-refractivity contribution >= 4 is 22.9 Å². The molecule has 0 bridgehead atoms. The molecule has 17 heavy (non-hydrogen) atoms. The summed E-state index contributed by atoms with van der Waals surface area (Å²) in [4.78, 5) is 17.7. The highest BCUT2D eigenvalue weighted by molar-refractivity contribution is 5.95. The molecule has 2 aromatic rings. The van der Waals surface area contributed by atoms with Gasteiger partial charge in [-0.3, -0.25) is 9.78 Å². The molecule has 1 heterocycles. The first kappa shape index (κ1) is 10.9. The molecular weight excluding hydrogens is 216 g/mol. The Labute approximate surface area is 97.0 Å². The van der Waals surface area contributed by atoms with Crippen LogP contribution in [0.25, 0.3) is 27.4 Å². The van der Waals surface area contributed by atoms with Crippen molar-refractivity contribution in [2.45, 2.75) is 0 Å². The van der Waals surface area contributed by atoms with Crippen molar-refractivity contribution in [3.05, 3.63) is 58.6 Å². The number of rotatable bonds is 2. The van der Waals surface area contributed by atoms with Crippen LogP contribution in [0, 0.1) is 0 Å². The molecule has 0 fully saturated rings. The number of nitrogens with zero attached hydrogens (tertiary/aromatic N) is 4. The third-order valence-electron chi connectivity index (χ3n) is 2.21. The van der Waals surface area contributed by atoms with Crippen LogP contribution in [0.1, 0.15) is 5.56 Å². The lowest BCUT2D eigenvalue weighted by Crippen LogP contribution is -1.85. The second-order valence-electron chi connectivity index (χ2n) is 3.28. The van der Waals surface area contributed by atoms with E-state index in [2.05, 4.69) is 15.0 Å². The average Bonchev–Trinajstić information content (AvgIpc) is 2.36. The van der Waals surface area contributed by atoms with E-state index in [-0.39, 0.29) is 0 Å². The van der Waals surface area contributed by atoms with E-state index in [1.54, 1.807) is 12.3 Å². The number of benzene rings is 1. The van der Waals surface area contributed by atoms with Gasteiger partial charge in [0.1, 0.15) is 0 Å². The van der Waals surface area contributed by atoms with Gasteiger partial charge in [-0.2, -0.15) is 0 Å². The monoisotopic (exact) mass is 224 g/mol. The van der Waals surface area contributed by atoms with Crippen LogP contribution in [0.15, 0.2) is 47.7 Å². The second-order valence-corrected chi connectivity index (χ2v) is 3.28. The zero-order chi connectivity index (χ0) is 12.1. The lowest BCUT2D eigenvalue weighted by atomic mass is 10.1. The van der Waals surface area contributed by atoms with Crippen LogP contribution in [0.5, 0.6) is 0 Å². The summed E-state index contributed by atoms with van der Waals surface area (Å²) in [5, 5.41) is 3.95. The van der Waals surface area contributed by atoms with E-state index in [9.17, 15) is 4.79 Å². The van der Waals surface area contributed by atoms with Crippen molar-refractivity contribution in [2.75, 3.05) is 0 Å². The van der Waals surface area contributed by atoms with Gasteiger partial charge in [-0.05, 0) is 28.9 Å². The highest BCUT2D eigenvalue weighted by Gasteiger charge is 1.98. The largest absolute Gasteiger partial charge is 0.288 e. The Balaban J connectivity index is 2.42. The smallest absolute Gasteiger partial charge is 0.242 e. The standard InChI is InChI=1S/C12H8N4O/c13-16-15-11(17)7-6-10-4-1-3-9-5-2-8-14-12(9)10/h1-8H/b7-6-. The van der Waals surface area contributed by atoms with Crippen molar-refractivity contribution in [1.82, 2.24) is 4.98 Å². The van der Waals surface area contributed by atoms with Gasteiger partial charge in [0.2, 0.25) is 5.91 Å². The summed E-state index contributed by atoms with van der Waals surface area (Å²) in [5.74, 6) is -0.625. The number of pyridine rings is 1. The minimum absolute atomic E-state index is 0.625. The van der Waals surface area contributed by atoms with Crippen molar-refractivity contribution in [3.8, 4) is 0 Å². The predicted molar refractivity (Wildman–Crippen MR) is 64.9 cm³/mol. The van der Waals surface area contributed by atoms with E-state index >= 15 is 0 Å². The Hall–Kier alpha value is -2.65. The average molecular weight is 224 g/mol. The fraction of sp³-hybridized carbons (Fsp3) is 0. The van der Waals surface area contributed by atoms with Gasteiger partial charge in [-0.1, -0.05) is 24.3 Å². The first-order chi connectivity index (χ1) is 8.31. The number of hydrogen-bond donors (Lipinski definition) is 0. The summed E-state index contributed by atoms with van der Waals surface area (Å²) in [6.07, 6.45) is 4.50. The Bertz CT molecular complexity index is 637. The predicted octanol–water partition coefficient (Wildman–Crippen LogP) is 3.08. The van der Waals surface area contributed by atoms with Gasteiger partial charge in [0, 0.05) is 22.1 Å². The van der Waals surface area contributed by atoms with E-state index in [0.717, 1.165) is 16.5 Å². The topological polar surface area (TPSA) is 78.7 Å². The van der Waals surface area contributed by atoms with E-state index in [1.807, 2.05) is 30.3 Å². The summed E-state index contributed by atoms with van der Waals surface area (Å²) in [6.45, 7) is 0. The maximum absolute atomic E-state index is 11.0. The molecule has 0 aliphatic carbocycles. The van der Waals surface area contributed by atoms with E-state index in [4.69, 9.17) is 5.53 Å². The minimum Gasteiger partial charge on any atom is -0.288 e. The maximum atomic E-state index is 11.0. The molecular formula is C12H8N4O. The van der Waals surface area contributed by atoms with Crippen LogP contribution in [-0.4, -0.2) is 10.9 Å². The molecule has 1 amide bonds. The fourth-order valence-electron chi connectivity index (χ4n) is 1.50. The molecule has 1 aromatic carbocycles. The number of hydrogen-bond acceptors (Lipinski definition) is 2. The molecule has 2 rings (SSSR count). The summed E-state index contributed by atoms with van der Waals surface area (Å²) in [7, 11) is 0. The maximum Gasteiger partial charge on any atom is 0.242 e. The Morgan fingerprint density at radius 2 is 2.18 bits per heavy atom. The molecule has 0 atom stereocenters. The van der Waals surface area contributed by atoms with Crippen LogP contribution in [0.3, 0.4) is 0 Å². The third kappa shape index (κ3) is 2.48. The van der Waals surface area contributed by atoms with Gasteiger partial charge in [0.25, 0.3) is 0 Å². The Morgan fingerprint density at radius 1 is 1.35 bits per heavy atom. The summed E-state index contributed by atoms with van der Waals surface area (Å²) >= 11 is 0. The van der Waals surface area contributed by atoms with Crippen molar-refractivity contribution in [2.24, 2.45) is 5.11 Å². The van der Waals surface area contributed by atoms with Gasteiger partial charge in [-0.25, -0.2) is 0 Å². The van der Waals surface area contributed by atoms with Gasteiger partial charge in [0.15, 0.2) is 0 Å². The van der Waals surface area contributed by atoms with E-state index in [0.29, 0.717) is 0 Å². The summed E-state index contributed by atoms with van der Waals surface area (Å²) < 4.78 is 0. The third-order valence-corrected chi connectivity index (χ3v) is 2.21. The van der Waals surface area contributed by atoms with Gasteiger partial charge in [-0.15, -0.1) is 0 Å². The lowest BCUT2D eigenvalue weighted by molar-refractivity contribution is -0.113. The van der Waals surface area contributed by atoms with Crippen molar-refractivity contribution < 1.29 is 4.79 Å². The lowest BCUT2D eigenvalue weighted by Gasteiger charge is -1.99. The molecule has 0 unspecified atom stereocenters. The van der Waals surface area contributed by atoms with Crippen LogP contribution in [0.4, 0.5) is 0 Å². The van der Waals surface area contributed by atoms with Crippen molar-refractivity contribution in [3.63, 3.8) is 0 Å². The molecule has 5 nitrogen and oxygen atoms in total. The molecule has 0 saturated carbocycles. The zero-order valence-electron chi connectivity index (χ0n) is 8.82. The van der Waals surface area contributed by atoms with Crippen molar-refractivity contribution in [1.29, 1.82) is 0 Å². The molecule has 1 aromatic heterocycles. The highest BCUT2D eigenvalue weighted by atomic mass is 16.1. The van der Waals surface area contributed by atoms with Gasteiger partial charge in [0.05, 0.1) is 5.52 Å². The zero-order valence-corrected chi connectivity index (χ0v) is 8.82. The molecule has 0 N–H and O–H groups in total. The van der Waals surface area contributed by atoms with Crippen LogP contribution in [-0.2, 0) is 4.79 Å². The molecule has 0 saturated heterocycles. The second kappa shape index (κ2) is 4.92. The molecule has 0 aliphatic heterocycles.